The van der Waals surface area contributed by atoms with Crippen LogP contribution in [0.5, 0.6) is 0 Å². The topological polar surface area (TPSA) is 37.4 Å². The lowest BCUT2D eigenvalue weighted by atomic mass is 9.94. The summed E-state index contributed by atoms with van der Waals surface area (Å²) in [6.45, 7) is 2.28. The molecule has 0 saturated heterocycles. The zero-order valence-corrected chi connectivity index (χ0v) is 20.5. The van der Waals surface area contributed by atoms with Crippen LogP contribution in [-0.2, 0) is 10.0 Å². The average Bonchev–Trinajstić information content (AvgIpc) is 3.32. The van der Waals surface area contributed by atoms with Gasteiger partial charge in [0, 0.05) is 23.4 Å². The fourth-order valence-corrected chi connectivity index (χ4v) is 6.39. The molecule has 0 bridgehead atoms. The van der Waals surface area contributed by atoms with Crippen molar-refractivity contribution in [2.45, 2.75) is 17.7 Å². The molecule has 3 nitrogen and oxygen atoms in total. The van der Waals surface area contributed by atoms with E-state index in [1.165, 1.54) is 0 Å². The SMILES string of the molecule is Cc1ccc(S(=O)(=O)N2CC(c3ccccc3)C=C(c3ccccc3)C=C2c2ccsc2)cc1. The van der Waals surface area contributed by atoms with Gasteiger partial charge in [-0.15, -0.1) is 0 Å². The van der Waals surface area contributed by atoms with Gasteiger partial charge in [-0.25, -0.2) is 8.42 Å². The Hall–Kier alpha value is -3.41. The molecule has 0 saturated carbocycles. The third kappa shape index (κ3) is 4.49. The Morgan fingerprint density at radius 2 is 1.50 bits per heavy atom. The Kier molecular flexibility index (Phi) is 6.22. The Morgan fingerprint density at radius 1 is 0.824 bits per heavy atom. The van der Waals surface area contributed by atoms with Crippen LogP contribution < -0.4 is 0 Å². The first-order valence-corrected chi connectivity index (χ1v) is 13.6. The van der Waals surface area contributed by atoms with Crippen LogP contribution in [0.25, 0.3) is 11.3 Å². The number of rotatable bonds is 5. The Labute approximate surface area is 205 Å². The van der Waals surface area contributed by atoms with Crippen LogP contribution in [0.2, 0.25) is 0 Å². The van der Waals surface area contributed by atoms with Crippen molar-refractivity contribution in [2.24, 2.45) is 0 Å². The largest absolute Gasteiger partial charge is 0.265 e. The van der Waals surface area contributed by atoms with Gasteiger partial charge in [0.15, 0.2) is 0 Å². The molecule has 1 aromatic heterocycles. The third-order valence-electron chi connectivity index (χ3n) is 6.06. The van der Waals surface area contributed by atoms with E-state index >= 15 is 0 Å². The normalized spacial score (nSPS) is 16.5. The van der Waals surface area contributed by atoms with E-state index in [4.69, 9.17) is 0 Å². The van der Waals surface area contributed by atoms with Gasteiger partial charge in [0.1, 0.15) is 0 Å². The fourth-order valence-electron chi connectivity index (χ4n) is 4.23. The van der Waals surface area contributed by atoms with Crippen LogP contribution in [-0.4, -0.2) is 19.3 Å². The van der Waals surface area contributed by atoms with Crippen LogP contribution in [0, 0.1) is 6.92 Å². The Bertz CT molecular complexity index is 1420. The smallest absolute Gasteiger partial charge is 0.264 e. The lowest BCUT2D eigenvalue weighted by molar-refractivity contribution is 0.499. The first-order chi connectivity index (χ1) is 16.5. The molecular formula is C29H25NO2S2. The number of nitrogens with zero attached hydrogens (tertiary/aromatic N) is 1. The lowest BCUT2D eigenvalue weighted by Crippen LogP contribution is -2.32. The highest BCUT2D eigenvalue weighted by Crippen LogP contribution is 2.38. The second-order valence-electron chi connectivity index (χ2n) is 8.40. The summed E-state index contributed by atoms with van der Waals surface area (Å²) in [5, 5.41) is 3.99. The zero-order valence-electron chi connectivity index (χ0n) is 18.8. The van der Waals surface area contributed by atoms with Gasteiger partial charge in [-0.2, -0.15) is 11.3 Å². The van der Waals surface area contributed by atoms with Gasteiger partial charge in [0.2, 0.25) is 0 Å². The number of hydrogen-bond donors (Lipinski definition) is 0. The predicted molar refractivity (Wildman–Crippen MR) is 141 cm³/mol. The van der Waals surface area contributed by atoms with E-state index in [-0.39, 0.29) is 5.92 Å². The van der Waals surface area contributed by atoms with Gasteiger partial charge in [-0.1, -0.05) is 84.4 Å². The first-order valence-electron chi connectivity index (χ1n) is 11.2. The molecule has 170 valence electrons. The molecule has 1 aliphatic rings. The van der Waals surface area contributed by atoms with Crippen LogP contribution in [0.4, 0.5) is 0 Å². The van der Waals surface area contributed by atoms with E-state index in [1.54, 1.807) is 27.8 Å². The number of aryl methyl sites for hydroxylation is 1. The summed E-state index contributed by atoms with van der Waals surface area (Å²) in [6, 6.07) is 29.4. The quantitative estimate of drug-likeness (QED) is 0.307. The minimum Gasteiger partial charge on any atom is -0.265 e. The molecule has 0 N–H and O–H groups in total. The first kappa shape index (κ1) is 22.4. The molecule has 1 atom stereocenters. The molecule has 0 radical (unpaired) electrons. The monoisotopic (exact) mass is 483 g/mol. The summed E-state index contributed by atoms with van der Waals surface area (Å²) in [5.74, 6) is -0.107. The third-order valence-corrected chi connectivity index (χ3v) is 8.54. The summed E-state index contributed by atoms with van der Waals surface area (Å²) >= 11 is 1.56. The van der Waals surface area contributed by atoms with Crippen molar-refractivity contribution in [3.63, 3.8) is 0 Å². The van der Waals surface area contributed by atoms with Crippen molar-refractivity contribution < 1.29 is 8.42 Å². The fraction of sp³-hybridized carbons (Fsp3) is 0.103. The number of hydrogen-bond acceptors (Lipinski definition) is 3. The maximum atomic E-state index is 14.0. The second kappa shape index (κ2) is 9.45. The standard InChI is InChI=1S/C29H25NO2S2/c1-22-12-14-28(15-13-22)34(31,32)30-20-27(24-10-6-3-7-11-24)18-26(23-8-4-2-5-9-23)19-29(30)25-16-17-33-21-25/h2-19,21,27H,20H2,1H3. The molecule has 3 aromatic carbocycles. The molecule has 1 aliphatic heterocycles. The Morgan fingerprint density at radius 3 is 2.15 bits per heavy atom. The molecule has 2 heterocycles. The van der Waals surface area contributed by atoms with Gasteiger partial charge in [0.25, 0.3) is 10.0 Å². The zero-order chi connectivity index (χ0) is 23.5. The minimum absolute atomic E-state index is 0.107. The summed E-state index contributed by atoms with van der Waals surface area (Å²) < 4.78 is 29.7. The highest BCUT2D eigenvalue weighted by atomic mass is 32.2. The maximum absolute atomic E-state index is 14.0. The molecule has 34 heavy (non-hydrogen) atoms. The van der Waals surface area contributed by atoms with E-state index in [1.807, 2.05) is 78.4 Å². The molecule has 5 rings (SSSR count). The van der Waals surface area contributed by atoms with Gasteiger partial charge in [-0.3, -0.25) is 4.31 Å². The molecule has 0 aliphatic carbocycles. The van der Waals surface area contributed by atoms with Gasteiger partial charge in [0.05, 0.1) is 10.6 Å². The summed E-state index contributed by atoms with van der Waals surface area (Å²) in [6.07, 6.45) is 4.22. The van der Waals surface area contributed by atoms with Crippen molar-refractivity contribution in [1.82, 2.24) is 4.31 Å². The lowest BCUT2D eigenvalue weighted by Gasteiger charge is -2.28. The minimum atomic E-state index is -3.79. The molecule has 0 fully saturated rings. The second-order valence-corrected chi connectivity index (χ2v) is 11.0. The number of thiophene rings is 1. The number of benzene rings is 3. The average molecular weight is 484 g/mol. The van der Waals surface area contributed by atoms with Crippen molar-refractivity contribution in [1.29, 1.82) is 0 Å². The van der Waals surface area contributed by atoms with Crippen molar-refractivity contribution in [2.75, 3.05) is 6.54 Å². The van der Waals surface area contributed by atoms with Crippen LogP contribution in [0.1, 0.15) is 28.2 Å². The predicted octanol–water partition coefficient (Wildman–Crippen LogP) is 6.97. The highest BCUT2D eigenvalue weighted by Gasteiger charge is 2.32. The Balaban J connectivity index is 1.71. The van der Waals surface area contributed by atoms with E-state index in [0.29, 0.717) is 17.1 Å². The van der Waals surface area contributed by atoms with Crippen LogP contribution in [0.3, 0.4) is 0 Å². The van der Waals surface area contributed by atoms with E-state index in [0.717, 1.165) is 27.8 Å². The van der Waals surface area contributed by atoms with E-state index in [9.17, 15) is 8.42 Å². The van der Waals surface area contributed by atoms with Crippen molar-refractivity contribution >= 4 is 32.6 Å². The summed E-state index contributed by atoms with van der Waals surface area (Å²) in [4.78, 5) is 0.300. The van der Waals surface area contributed by atoms with Crippen molar-refractivity contribution in [3.05, 3.63) is 136 Å². The van der Waals surface area contributed by atoms with Crippen LogP contribution in [0.15, 0.2) is 119 Å². The van der Waals surface area contributed by atoms with Gasteiger partial charge < -0.3 is 0 Å². The molecular weight excluding hydrogens is 458 g/mol. The molecule has 4 aromatic rings. The van der Waals surface area contributed by atoms with Gasteiger partial charge >= 0.3 is 0 Å². The molecule has 0 amide bonds. The van der Waals surface area contributed by atoms with Gasteiger partial charge in [-0.05, 0) is 53.3 Å². The molecule has 0 spiro atoms. The number of sulfonamides is 1. The van der Waals surface area contributed by atoms with Crippen LogP contribution >= 0.6 is 11.3 Å². The van der Waals surface area contributed by atoms with Crippen molar-refractivity contribution in [3.8, 4) is 0 Å². The molecule has 1 unspecified atom stereocenters. The summed E-state index contributed by atoms with van der Waals surface area (Å²) in [5.41, 5.74) is 5.77. The van der Waals surface area contributed by atoms with E-state index < -0.39 is 10.0 Å². The summed E-state index contributed by atoms with van der Waals surface area (Å²) in [7, 11) is -3.79. The highest BCUT2D eigenvalue weighted by molar-refractivity contribution is 7.89. The molecule has 5 heteroatoms. The maximum Gasteiger partial charge on any atom is 0.264 e. The van der Waals surface area contributed by atoms with E-state index in [2.05, 4.69) is 30.3 Å². The number of allylic oxidation sites excluding steroid dienone is 2.